The van der Waals surface area contributed by atoms with Crippen molar-refractivity contribution >= 4 is 39.5 Å². The Labute approximate surface area is 129 Å². The fraction of sp³-hybridized carbons (Fsp3) is 0.250. The van der Waals surface area contributed by atoms with Crippen LogP contribution in [0.4, 0.5) is 0 Å². The summed E-state index contributed by atoms with van der Waals surface area (Å²) in [7, 11) is 1.65. The fourth-order valence-electron chi connectivity index (χ4n) is 1.75. The van der Waals surface area contributed by atoms with E-state index < -0.39 is 0 Å². The number of hydrogen-bond acceptors (Lipinski definition) is 5. The zero-order valence-corrected chi connectivity index (χ0v) is 12.8. The summed E-state index contributed by atoms with van der Waals surface area (Å²) in [5, 5.41) is 14.6. The molecule has 0 aliphatic carbocycles. The zero-order chi connectivity index (χ0) is 14.1. The van der Waals surface area contributed by atoms with Crippen LogP contribution in [-0.4, -0.2) is 33.5 Å². The minimum atomic E-state index is 0.509. The van der Waals surface area contributed by atoms with Crippen molar-refractivity contribution in [3.05, 3.63) is 34.1 Å². The smallest absolute Gasteiger partial charge is 0.234 e. The van der Waals surface area contributed by atoms with Crippen LogP contribution in [0.1, 0.15) is 5.82 Å². The third-order valence-corrected chi connectivity index (χ3v) is 4.44. The maximum absolute atomic E-state index is 6.03. The maximum Gasteiger partial charge on any atom is 0.234 e. The minimum Gasteiger partial charge on any atom is -0.384 e. The largest absolute Gasteiger partial charge is 0.384 e. The van der Waals surface area contributed by atoms with Crippen molar-refractivity contribution in [2.75, 3.05) is 13.7 Å². The molecule has 0 aliphatic heterocycles. The topological polar surface area (TPSA) is 52.3 Å². The summed E-state index contributed by atoms with van der Waals surface area (Å²) >= 11 is 13.4. The monoisotopic (exact) mass is 328 g/mol. The van der Waals surface area contributed by atoms with Crippen molar-refractivity contribution in [3.63, 3.8) is 0 Å². The molecule has 2 aromatic heterocycles. The first kappa shape index (κ1) is 13.8. The molecular weight excluding hydrogens is 319 g/mol. The van der Waals surface area contributed by atoms with Crippen LogP contribution >= 0.6 is 34.5 Å². The van der Waals surface area contributed by atoms with Crippen molar-refractivity contribution in [1.82, 2.24) is 19.8 Å². The third-order valence-electron chi connectivity index (χ3n) is 2.75. The van der Waals surface area contributed by atoms with Gasteiger partial charge in [-0.1, -0.05) is 40.6 Å². The zero-order valence-electron chi connectivity index (χ0n) is 10.5. The average Bonchev–Trinajstić information content (AvgIpc) is 3.00. The van der Waals surface area contributed by atoms with Crippen LogP contribution in [0.5, 0.6) is 0 Å². The van der Waals surface area contributed by atoms with Gasteiger partial charge < -0.3 is 4.74 Å². The molecule has 0 saturated carbocycles. The number of aromatic nitrogens is 4. The average molecular weight is 329 g/mol. The Morgan fingerprint density at radius 2 is 2.10 bits per heavy atom. The Morgan fingerprint density at radius 3 is 2.85 bits per heavy atom. The Hall–Kier alpha value is -1.21. The predicted molar refractivity (Wildman–Crippen MR) is 79.7 cm³/mol. The van der Waals surface area contributed by atoms with E-state index in [1.54, 1.807) is 23.8 Å². The van der Waals surface area contributed by atoms with Gasteiger partial charge in [-0.15, -0.1) is 10.2 Å². The normalized spacial score (nSPS) is 11.3. The second kappa shape index (κ2) is 5.65. The molecule has 0 spiro atoms. The third kappa shape index (κ3) is 2.52. The molecule has 3 aromatic rings. The van der Waals surface area contributed by atoms with Gasteiger partial charge in [-0.25, -0.2) is 0 Å². The lowest BCUT2D eigenvalue weighted by molar-refractivity contribution is 0.200. The number of methoxy groups -OCH3 is 1. The number of ether oxygens (including phenoxy) is 1. The van der Waals surface area contributed by atoms with E-state index in [-0.39, 0.29) is 0 Å². The summed E-state index contributed by atoms with van der Waals surface area (Å²) in [4.78, 5) is 0.747. The van der Waals surface area contributed by atoms with E-state index in [4.69, 9.17) is 27.9 Å². The predicted octanol–water partition coefficient (Wildman–Crippen LogP) is 3.35. The van der Waals surface area contributed by atoms with Crippen LogP contribution in [0.15, 0.2) is 18.2 Å². The van der Waals surface area contributed by atoms with E-state index in [2.05, 4.69) is 15.3 Å². The molecule has 0 N–H and O–H groups in total. The molecule has 0 unspecified atom stereocenters. The minimum absolute atomic E-state index is 0.509. The molecule has 0 amide bonds. The number of benzene rings is 1. The van der Waals surface area contributed by atoms with E-state index in [0.29, 0.717) is 23.1 Å². The van der Waals surface area contributed by atoms with E-state index in [1.165, 1.54) is 11.3 Å². The summed E-state index contributed by atoms with van der Waals surface area (Å²) in [6, 6.07) is 5.44. The van der Waals surface area contributed by atoms with Crippen LogP contribution in [0.2, 0.25) is 10.0 Å². The van der Waals surface area contributed by atoms with Gasteiger partial charge >= 0.3 is 0 Å². The standard InChI is InChI=1S/C12H10Cl2N4OS/c1-19-5-4-10-15-16-12-18(10)17-11(20-12)7-2-3-8(13)9(14)6-7/h2-3,6H,4-5H2,1H3. The molecule has 2 heterocycles. The molecule has 0 radical (unpaired) electrons. The van der Waals surface area contributed by atoms with Gasteiger partial charge in [0.1, 0.15) is 5.01 Å². The van der Waals surface area contributed by atoms with Crippen LogP contribution in [0.25, 0.3) is 15.5 Å². The highest BCUT2D eigenvalue weighted by Gasteiger charge is 2.13. The molecular formula is C12H10Cl2N4OS. The summed E-state index contributed by atoms with van der Waals surface area (Å²) in [5.74, 6) is 0.782. The summed E-state index contributed by atoms with van der Waals surface area (Å²) in [6.45, 7) is 0.584. The molecule has 0 saturated heterocycles. The van der Waals surface area contributed by atoms with Crippen molar-refractivity contribution < 1.29 is 4.74 Å². The maximum atomic E-state index is 6.03. The van der Waals surface area contributed by atoms with Gasteiger partial charge in [0.25, 0.3) is 0 Å². The summed E-state index contributed by atoms with van der Waals surface area (Å²) in [6.07, 6.45) is 0.669. The van der Waals surface area contributed by atoms with E-state index in [0.717, 1.165) is 21.4 Å². The Morgan fingerprint density at radius 1 is 1.25 bits per heavy atom. The van der Waals surface area contributed by atoms with Crippen LogP contribution in [0, 0.1) is 0 Å². The molecule has 8 heteroatoms. The van der Waals surface area contributed by atoms with Gasteiger partial charge in [-0.05, 0) is 12.1 Å². The highest BCUT2D eigenvalue weighted by molar-refractivity contribution is 7.19. The lowest BCUT2D eigenvalue weighted by Gasteiger charge is -1.98. The SMILES string of the molecule is COCCc1nnc2sc(-c3ccc(Cl)c(Cl)c3)nn12. The van der Waals surface area contributed by atoms with Gasteiger partial charge in [-0.3, -0.25) is 0 Å². The van der Waals surface area contributed by atoms with Gasteiger partial charge in [0, 0.05) is 19.1 Å². The Bertz CT molecular complexity index is 755. The van der Waals surface area contributed by atoms with Crippen LogP contribution in [-0.2, 0) is 11.2 Å². The van der Waals surface area contributed by atoms with Crippen LogP contribution in [0.3, 0.4) is 0 Å². The molecule has 104 valence electrons. The lowest BCUT2D eigenvalue weighted by Crippen LogP contribution is -2.01. The molecule has 0 aliphatic rings. The number of fused-ring (bicyclic) bond motifs is 1. The molecule has 0 atom stereocenters. The molecule has 0 fully saturated rings. The molecule has 1 aromatic carbocycles. The Kier molecular flexibility index (Phi) is 3.89. The first-order chi connectivity index (χ1) is 9.69. The number of nitrogens with zero attached hydrogens (tertiary/aromatic N) is 4. The number of rotatable bonds is 4. The summed E-state index contributed by atoms with van der Waals surface area (Å²) in [5.41, 5.74) is 0.910. The molecule has 20 heavy (non-hydrogen) atoms. The molecule has 5 nitrogen and oxygen atoms in total. The van der Waals surface area contributed by atoms with E-state index in [1.807, 2.05) is 6.07 Å². The summed E-state index contributed by atoms with van der Waals surface area (Å²) < 4.78 is 6.78. The fourth-order valence-corrected chi connectivity index (χ4v) is 2.91. The molecule has 0 bridgehead atoms. The Balaban J connectivity index is 2.00. The van der Waals surface area contributed by atoms with Gasteiger partial charge in [0.15, 0.2) is 5.82 Å². The van der Waals surface area contributed by atoms with Gasteiger partial charge in [-0.2, -0.15) is 9.61 Å². The van der Waals surface area contributed by atoms with Crippen molar-refractivity contribution in [2.24, 2.45) is 0 Å². The second-order valence-electron chi connectivity index (χ2n) is 4.09. The lowest BCUT2D eigenvalue weighted by atomic mass is 10.2. The van der Waals surface area contributed by atoms with Crippen molar-refractivity contribution in [3.8, 4) is 10.6 Å². The van der Waals surface area contributed by atoms with Crippen molar-refractivity contribution in [1.29, 1.82) is 0 Å². The molecule has 3 rings (SSSR count). The number of hydrogen-bond donors (Lipinski definition) is 0. The quantitative estimate of drug-likeness (QED) is 0.737. The van der Waals surface area contributed by atoms with E-state index in [9.17, 15) is 0 Å². The van der Waals surface area contributed by atoms with Crippen molar-refractivity contribution in [2.45, 2.75) is 6.42 Å². The second-order valence-corrected chi connectivity index (χ2v) is 5.86. The highest BCUT2D eigenvalue weighted by Crippen LogP contribution is 2.31. The first-order valence-corrected chi connectivity index (χ1v) is 7.42. The first-order valence-electron chi connectivity index (χ1n) is 5.84. The van der Waals surface area contributed by atoms with Crippen LogP contribution < -0.4 is 0 Å². The number of halogens is 2. The van der Waals surface area contributed by atoms with Gasteiger partial charge in [0.05, 0.1) is 16.7 Å². The highest BCUT2D eigenvalue weighted by atomic mass is 35.5. The van der Waals surface area contributed by atoms with Gasteiger partial charge in [0.2, 0.25) is 4.96 Å². The van der Waals surface area contributed by atoms with E-state index >= 15 is 0 Å².